The van der Waals surface area contributed by atoms with Crippen LogP contribution in [0.25, 0.3) is 66.3 Å². The normalized spacial score (nSPS) is 31.1. The van der Waals surface area contributed by atoms with E-state index in [-0.39, 0.29) is 116 Å². The van der Waals surface area contributed by atoms with Crippen molar-refractivity contribution in [2.24, 2.45) is 17.0 Å². The van der Waals surface area contributed by atoms with Crippen molar-refractivity contribution in [2.75, 3.05) is 60.4 Å². The summed E-state index contributed by atoms with van der Waals surface area (Å²) in [6.45, 7) is 4.39. The Morgan fingerprint density at radius 1 is 0.547 bits per heavy atom. The van der Waals surface area contributed by atoms with E-state index in [1.54, 1.807) is 27.7 Å². The molecule has 52 nitrogen and oxygen atoms in total. The van der Waals surface area contributed by atoms with Gasteiger partial charge in [0.15, 0.2) is 112 Å². The molecule has 22 unspecified atom stereocenters. The number of phosphoric ester groups is 1. The summed E-state index contributed by atoms with van der Waals surface area (Å²) in [7, 11) is -9.77. The van der Waals surface area contributed by atoms with Crippen LogP contribution in [-0.4, -0.2) is 274 Å². The molecule has 6 aliphatic heterocycles. The summed E-state index contributed by atoms with van der Waals surface area (Å²) < 4.78 is 133. The molecule has 22 atom stereocenters. The van der Waals surface area contributed by atoms with Gasteiger partial charge in [0, 0.05) is 16.7 Å². The first kappa shape index (κ1) is 84.1. The smallest absolute Gasteiger partial charge is 0.394 e. The lowest BCUT2D eigenvalue weighted by atomic mass is 10.1. The molecule has 0 spiro atoms. The van der Waals surface area contributed by atoms with Gasteiger partial charge in [-0.25, -0.2) is 57.0 Å². The zero-order valence-corrected chi connectivity index (χ0v) is 62.4. The van der Waals surface area contributed by atoms with E-state index >= 15 is 4.39 Å². The number of phosphoric acid groups is 1. The van der Waals surface area contributed by atoms with Crippen molar-refractivity contribution >= 4 is 113 Å². The Bertz CT molecular complexity index is 5780. The molecule has 0 saturated carbocycles. The number of rotatable bonds is 13. The average Bonchev–Trinajstić information content (AvgIpc) is 1.62. The number of nitrogens with one attached hydrogen (secondary N) is 6. The number of nitrogen functional groups attached to an aromatic ring is 3. The number of carbonyl (C=O) groups is 2. The Hall–Kier alpha value is -10.9. The predicted octanol–water partition coefficient (Wildman–Crippen LogP) is -2.69. The minimum Gasteiger partial charge on any atom is -0.394 e. The number of nitrogens with two attached hydrogens (primary N) is 3. The minimum absolute atomic E-state index is 0.00140. The summed E-state index contributed by atoms with van der Waals surface area (Å²) in [6, 6.07) is 0. The van der Waals surface area contributed by atoms with Gasteiger partial charge in [-0.2, -0.15) is 19.9 Å². The SMILES string of the molecule is CC(C)C(=O)Nc1nc2c(ncn2C2OC(CN=[N+]=[N-])C(F)C2O)c(=O)[nH]1.CC(C)C(=O)Nc1nc2c(ncn2C2OC(CO)C(F)C2O)c(=O)[nH]1.Nc1nc2c(ncn2C2OC(CO)C(F)C2O)c(=O)[nH]1.Nc1nc2c(ncn2C2OC3CCP(=O)(O)OC4C(COP(=O)(O)OC2C3F)OC(n2cnc3c(N)ncnc32)C4O)c(=O)[nH]1. The maximum absolute atomic E-state index is 15.8. The number of aromatic nitrogens is 20. The fraction of sp³-hybridized carbons (Fsp3) is 0.542. The van der Waals surface area contributed by atoms with E-state index < -0.39 is 193 Å². The van der Waals surface area contributed by atoms with Gasteiger partial charge in [0.25, 0.3) is 22.2 Å². The van der Waals surface area contributed by atoms with E-state index in [4.69, 9.17) is 70.2 Å². The highest BCUT2D eigenvalue weighted by molar-refractivity contribution is 7.52. The summed E-state index contributed by atoms with van der Waals surface area (Å²) in [5, 5.41) is 67.4. The molecule has 6 aliphatic rings. The molecule has 2 bridgehead atoms. The van der Waals surface area contributed by atoms with Crippen LogP contribution in [0, 0.1) is 11.8 Å². The van der Waals surface area contributed by atoms with Gasteiger partial charge in [0.1, 0.15) is 66.8 Å². The number of azide groups is 1. The molecule has 16 heterocycles. The Labute approximate surface area is 646 Å². The monoisotopic (exact) mass is 1690 g/mol. The second-order valence-corrected chi connectivity index (χ2v) is 30.6. The molecule has 0 aliphatic carbocycles. The number of nitrogens with zero attached hydrogens (tertiary/aromatic N) is 19. The van der Waals surface area contributed by atoms with Crippen LogP contribution >= 0.6 is 15.4 Å². The largest absolute Gasteiger partial charge is 0.472 e. The van der Waals surface area contributed by atoms with Crippen molar-refractivity contribution in [3.05, 3.63) is 89.8 Å². The van der Waals surface area contributed by atoms with Crippen LogP contribution in [0.3, 0.4) is 0 Å². The van der Waals surface area contributed by atoms with Crippen molar-refractivity contribution < 1.29 is 114 Å². The van der Waals surface area contributed by atoms with Crippen molar-refractivity contribution in [1.29, 1.82) is 0 Å². The lowest BCUT2D eigenvalue weighted by Crippen LogP contribution is -2.36. The summed E-state index contributed by atoms with van der Waals surface area (Å²) in [4.78, 5) is 149. The molecule has 58 heteroatoms. The Balaban J connectivity index is 0.000000143. The maximum Gasteiger partial charge on any atom is 0.472 e. The number of hydrogen-bond acceptors (Lipinski definition) is 37. The summed E-state index contributed by atoms with van der Waals surface area (Å²) in [6.07, 6.45) is -24.1. The van der Waals surface area contributed by atoms with Crippen molar-refractivity contribution in [3.63, 3.8) is 0 Å². The molecular weight excluding hydrogens is 1620 g/mol. The number of carbonyl (C=O) groups excluding carboxylic acids is 2. The molecule has 0 aromatic carbocycles. The first-order chi connectivity index (χ1) is 55.5. The van der Waals surface area contributed by atoms with Crippen LogP contribution in [-0.2, 0) is 56.0 Å². The molecule has 6 saturated heterocycles. The predicted molar refractivity (Wildman–Crippen MR) is 384 cm³/mol. The van der Waals surface area contributed by atoms with Crippen LogP contribution in [0.15, 0.2) is 62.3 Å². The molecule has 10 aromatic heterocycles. The summed E-state index contributed by atoms with van der Waals surface area (Å²) in [5.74, 6) is -1.97. The van der Waals surface area contributed by atoms with Gasteiger partial charge in [0.2, 0.25) is 35.6 Å². The van der Waals surface area contributed by atoms with E-state index in [2.05, 4.69) is 95.4 Å². The second kappa shape index (κ2) is 33.6. The van der Waals surface area contributed by atoms with E-state index in [0.29, 0.717) is 0 Å². The molecule has 6 fully saturated rings. The fourth-order valence-corrected chi connectivity index (χ4v) is 15.2. The van der Waals surface area contributed by atoms with Crippen LogP contribution < -0.4 is 50.1 Å². The van der Waals surface area contributed by atoms with E-state index in [1.807, 2.05) is 0 Å². The molecule has 0 radical (unpaired) electrons. The Kier molecular flexibility index (Phi) is 24.2. The van der Waals surface area contributed by atoms with Gasteiger partial charge in [-0.15, -0.1) is 0 Å². The average molecular weight is 1700 g/mol. The van der Waals surface area contributed by atoms with Gasteiger partial charge >= 0.3 is 15.4 Å². The first-order valence-electron chi connectivity index (χ1n) is 34.9. The zero-order valence-electron chi connectivity index (χ0n) is 60.7. The number of H-pyrrole nitrogens is 4. The maximum atomic E-state index is 15.8. The van der Waals surface area contributed by atoms with E-state index in [9.17, 15) is 81.3 Å². The number of anilines is 5. The van der Waals surface area contributed by atoms with Crippen LogP contribution in [0.5, 0.6) is 0 Å². The quantitative estimate of drug-likeness (QED) is 0.0184. The molecule has 117 heavy (non-hydrogen) atoms. The number of aliphatic hydroxyl groups is 6. The third kappa shape index (κ3) is 16.8. The minimum atomic E-state index is -5.15. The zero-order chi connectivity index (χ0) is 84.3. The summed E-state index contributed by atoms with van der Waals surface area (Å²) in [5.41, 5.74) is 22.8. The van der Waals surface area contributed by atoms with Gasteiger partial charge in [-0.05, 0) is 12.0 Å². The number of imidazole rings is 5. The summed E-state index contributed by atoms with van der Waals surface area (Å²) >= 11 is 0. The fourth-order valence-electron chi connectivity index (χ4n) is 12.9. The molecular formula is C59H72F4N28O24P2. The lowest BCUT2D eigenvalue weighted by Gasteiger charge is -2.26. The van der Waals surface area contributed by atoms with Gasteiger partial charge in [0.05, 0.1) is 76.4 Å². The number of fused-ring (bicyclic) bond motifs is 8. The topological polar surface area (TPSA) is 753 Å². The lowest BCUT2D eigenvalue weighted by molar-refractivity contribution is -0.119. The van der Waals surface area contributed by atoms with E-state index in [1.165, 1.54) is 43.6 Å². The van der Waals surface area contributed by atoms with Crippen LogP contribution in [0.2, 0.25) is 0 Å². The standard InChI is InChI=1S/C21H25FN10O11P2.C14H17FN8O4.C14H18FN5O5.C10H12FN5O4/c22-9-7-1-2-44(35,36)42-13-8(41-19(12(13)33)31-5-27-10-15(23)25-4-26-16(10)31)3-39-45(37,38)43-14(9)20(40-7)32-6-28-11-17(32)29-21(24)30-18(11)34;1-5(2)11(25)20-14-19-10-8(12(26)21-14)17-4-23(10)13-9(24)7(15)6(27-13)3-18-22-16;1-5(2)11(23)18-14-17-10-8(12(24)19-14)16-4-20(10)13-9(22)7(15)6(3-21)25-13;11-4-3(1-17)20-9(6(4)18)16-2-13-5-7(16)14-10(12)15-8(5)19/h4-9,12-14,19-20,33H,1-3H2,(H,35,36)(H,37,38)(H2,23,25,26)(H3,24,29,30,34);4-7,9,13,24H,3H2,1-2H3,(H2,19,20,21,25,26);4-7,9,13,21-22H,3H2,1-2H3,(H2,17,18,19,23,24);2-4,6,9,17-18H,1H2,(H3,12,14,15,19). The number of hydrogen-bond donors (Lipinski definition) is 17. The third-order valence-corrected chi connectivity index (χ3v) is 21.2. The highest BCUT2D eigenvalue weighted by atomic mass is 31.2. The number of aliphatic hydroxyl groups excluding tert-OH is 6. The number of halogens is 4. The number of amides is 2. The van der Waals surface area contributed by atoms with Crippen LogP contribution in [0.1, 0.15) is 65.3 Å². The third-order valence-electron chi connectivity index (χ3n) is 18.8. The number of aromatic amines is 4. The first-order valence-corrected chi connectivity index (χ1v) is 38.1. The molecule has 16 rings (SSSR count). The number of alkyl halides is 4. The van der Waals surface area contributed by atoms with Gasteiger partial charge in [-0.3, -0.25) is 100 Å². The highest BCUT2D eigenvalue weighted by Gasteiger charge is 2.55. The second-order valence-electron chi connectivity index (χ2n) is 27.3. The van der Waals surface area contributed by atoms with Crippen molar-refractivity contribution in [2.45, 2.75) is 157 Å². The molecule has 630 valence electrons. The molecule has 2 amide bonds. The van der Waals surface area contributed by atoms with Gasteiger partial charge in [-0.1, -0.05) is 32.8 Å². The van der Waals surface area contributed by atoms with Crippen molar-refractivity contribution in [3.8, 4) is 0 Å². The number of ether oxygens (including phenoxy) is 5. The Morgan fingerprint density at radius 2 is 0.949 bits per heavy atom. The molecule has 10 aromatic rings. The highest BCUT2D eigenvalue weighted by Crippen LogP contribution is 2.55. The molecule has 20 N–H and O–H groups in total. The van der Waals surface area contributed by atoms with Crippen molar-refractivity contribution in [1.82, 2.24) is 97.6 Å². The van der Waals surface area contributed by atoms with E-state index in [0.717, 1.165) is 17.2 Å². The van der Waals surface area contributed by atoms with Gasteiger partial charge < -0.3 is 81.3 Å². The Morgan fingerprint density at radius 3 is 1.39 bits per heavy atom. The van der Waals surface area contributed by atoms with Crippen LogP contribution in [0.4, 0.5) is 47.2 Å².